The molecule has 0 bridgehead atoms. The maximum Gasteiger partial charge on any atom is 0.174 e. The van der Waals surface area contributed by atoms with Gasteiger partial charge >= 0.3 is 0 Å². The highest BCUT2D eigenvalue weighted by atomic mass is 35.5. The van der Waals surface area contributed by atoms with Crippen LogP contribution in [0, 0.1) is 17.4 Å². The third kappa shape index (κ3) is 2.14. The quantitative estimate of drug-likeness (QED) is 0.674. The van der Waals surface area contributed by atoms with Gasteiger partial charge in [0.1, 0.15) is 11.8 Å². The Labute approximate surface area is 70.0 Å². The number of nitrogens with zero attached hydrogens (tertiary/aromatic N) is 1. The standard InChI is InChI=1S/C8H5ClNO/c9-7-3-1-2-4-8(7)11-6-5-10/h1-2,4H,6H2. The van der Waals surface area contributed by atoms with Crippen LogP contribution in [0.2, 0.25) is 5.02 Å². The average molecular weight is 167 g/mol. The number of halogens is 1. The van der Waals surface area contributed by atoms with E-state index in [1.54, 1.807) is 18.2 Å². The van der Waals surface area contributed by atoms with E-state index in [1.165, 1.54) is 0 Å². The third-order valence-corrected chi connectivity index (χ3v) is 1.36. The van der Waals surface area contributed by atoms with Gasteiger partial charge in [-0.2, -0.15) is 5.26 Å². The molecule has 0 fully saturated rings. The number of hydrogen-bond acceptors (Lipinski definition) is 2. The Bertz CT molecular complexity index is 280. The van der Waals surface area contributed by atoms with Crippen LogP contribution in [0.3, 0.4) is 0 Å². The fourth-order valence-electron chi connectivity index (χ4n) is 0.623. The lowest BCUT2D eigenvalue weighted by Gasteiger charge is -2.01. The smallest absolute Gasteiger partial charge is 0.174 e. The number of rotatable bonds is 2. The molecular formula is C8H5ClNO. The first kappa shape index (κ1) is 7.90. The van der Waals surface area contributed by atoms with Crippen molar-refractivity contribution in [2.75, 3.05) is 6.61 Å². The van der Waals surface area contributed by atoms with E-state index in [0.717, 1.165) is 0 Å². The summed E-state index contributed by atoms with van der Waals surface area (Å²) >= 11 is 5.67. The minimum Gasteiger partial charge on any atom is -0.477 e. The summed E-state index contributed by atoms with van der Waals surface area (Å²) in [5.41, 5.74) is 0. The molecular weight excluding hydrogens is 162 g/mol. The van der Waals surface area contributed by atoms with Gasteiger partial charge in [-0.05, 0) is 6.07 Å². The van der Waals surface area contributed by atoms with E-state index in [9.17, 15) is 0 Å². The summed E-state index contributed by atoms with van der Waals surface area (Å²) in [5.74, 6) is 0.496. The van der Waals surface area contributed by atoms with Crippen LogP contribution in [0.25, 0.3) is 0 Å². The zero-order valence-corrected chi connectivity index (χ0v) is 6.43. The molecule has 1 aromatic carbocycles. The van der Waals surface area contributed by atoms with Crippen molar-refractivity contribution >= 4 is 11.6 Å². The summed E-state index contributed by atoms with van der Waals surface area (Å²) in [6.45, 7) is 0.0115. The second-order valence-corrected chi connectivity index (χ2v) is 2.17. The maximum atomic E-state index is 8.19. The average Bonchev–Trinajstić information content (AvgIpc) is 2.03. The SMILES string of the molecule is N#CCOc1ccc[c]c1Cl. The predicted octanol–water partition coefficient (Wildman–Crippen LogP) is 2.04. The van der Waals surface area contributed by atoms with Gasteiger partial charge in [0, 0.05) is 6.07 Å². The Morgan fingerprint density at radius 2 is 2.55 bits per heavy atom. The summed E-state index contributed by atoms with van der Waals surface area (Å²) < 4.78 is 4.96. The van der Waals surface area contributed by atoms with E-state index in [2.05, 4.69) is 6.07 Å². The molecule has 0 atom stereocenters. The second kappa shape index (κ2) is 3.85. The predicted molar refractivity (Wildman–Crippen MR) is 41.4 cm³/mol. The van der Waals surface area contributed by atoms with Crippen LogP contribution in [0.4, 0.5) is 0 Å². The van der Waals surface area contributed by atoms with Crippen LogP contribution in [0.1, 0.15) is 0 Å². The summed E-state index contributed by atoms with van der Waals surface area (Å²) in [6.07, 6.45) is 0. The van der Waals surface area contributed by atoms with Crippen LogP contribution in [-0.2, 0) is 0 Å². The molecule has 0 saturated heterocycles. The van der Waals surface area contributed by atoms with Crippen LogP contribution in [0.5, 0.6) is 5.75 Å². The molecule has 1 rings (SSSR count). The Morgan fingerprint density at radius 1 is 1.73 bits per heavy atom. The molecule has 0 heterocycles. The highest BCUT2D eigenvalue weighted by Crippen LogP contribution is 2.21. The summed E-state index contributed by atoms with van der Waals surface area (Å²) in [4.78, 5) is 0. The fourth-order valence-corrected chi connectivity index (χ4v) is 0.803. The third-order valence-electron chi connectivity index (χ3n) is 1.06. The van der Waals surface area contributed by atoms with Crippen molar-refractivity contribution in [3.05, 3.63) is 29.3 Å². The Hall–Kier alpha value is -1.20. The first-order chi connectivity index (χ1) is 5.34. The fraction of sp³-hybridized carbons (Fsp3) is 0.125. The van der Waals surface area contributed by atoms with Gasteiger partial charge in [-0.25, -0.2) is 0 Å². The summed E-state index contributed by atoms with van der Waals surface area (Å²) in [6, 6.07) is 9.71. The molecule has 0 N–H and O–H groups in total. The number of ether oxygens (including phenoxy) is 1. The van der Waals surface area contributed by atoms with Gasteiger partial charge in [0.25, 0.3) is 0 Å². The number of benzene rings is 1. The lowest BCUT2D eigenvalue weighted by molar-refractivity contribution is 0.368. The van der Waals surface area contributed by atoms with E-state index >= 15 is 0 Å². The van der Waals surface area contributed by atoms with E-state index in [-0.39, 0.29) is 6.61 Å². The first-order valence-corrected chi connectivity index (χ1v) is 3.38. The van der Waals surface area contributed by atoms with E-state index in [4.69, 9.17) is 21.6 Å². The van der Waals surface area contributed by atoms with E-state index in [0.29, 0.717) is 10.8 Å². The van der Waals surface area contributed by atoms with Gasteiger partial charge in [-0.1, -0.05) is 23.7 Å². The molecule has 0 aliphatic carbocycles. The van der Waals surface area contributed by atoms with E-state index in [1.807, 2.05) is 6.07 Å². The van der Waals surface area contributed by atoms with Gasteiger partial charge in [0.05, 0.1) is 5.02 Å². The minimum atomic E-state index is 0.0115. The van der Waals surface area contributed by atoms with Crippen LogP contribution in [-0.4, -0.2) is 6.61 Å². The molecule has 2 nitrogen and oxygen atoms in total. The Kier molecular flexibility index (Phi) is 2.76. The first-order valence-electron chi connectivity index (χ1n) is 3.00. The van der Waals surface area contributed by atoms with Crippen molar-refractivity contribution in [2.24, 2.45) is 0 Å². The van der Waals surface area contributed by atoms with Crippen molar-refractivity contribution < 1.29 is 4.74 Å². The normalized spacial score (nSPS) is 8.73. The summed E-state index contributed by atoms with van der Waals surface area (Å²) in [7, 11) is 0. The molecule has 0 aliphatic rings. The Balaban J connectivity index is 2.71. The topological polar surface area (TPSA) is 33.0 Å². The van der Waals surface area contributed by atoms with Gasteiger partial charge < -0.3 is 4.74 Å². The molecule has 11 heavy (non-hydrogen) atoms. The van der Waals surface area contributed by atoms with Crippen molar-refractivity contribution in [2.45, 2.75) is 0 Å². The van der Waals surface area contributed by atoms with Crippen LogP contribution < -0.4 is 4.74 Å². The van der Waals surface area contributed by atoms with Crippen LogP contribution in [0.15, 0.2) is 18.2 Å². The molecule has 1 radical (unpaired) electrons. The van der Waals surface area contributed by atoms with Crippen molar-refractivity contribution in [1.82, 2.24) is 0 Å². The van der Waals surface area contributed by atoms with Crippen molar-refractivity contribution in [1.29, 1.82) is 5.26 Å². The van der Waals surface area contributed by atoms with Crippen molar-refractivity contribution in [3.63, 3.8) is 0 Å². The summed E-state index contributed by atoms with van der Waals surface area (Å²) in [5, 5.41) is 8.60. The molecule has 0 aromatic heterocycles. The van der Waals surface area contributed by atoms with Gasteiger partial charge in [-0.3, -0.25) is 0 Å². The molecule has 0 amide bonds. The lowest BCUT2D eigenvalue weighted by atomic mass is 10.3. The molecule has 0 spiro atoms. The molecule has 3 heteroatoms. The largest absolute Gasteiger partial charge is 0.477 e. The molecule has 0 saturated carbocycles. The molecule has 0 unspecified atom stereocenters. The number of nitriles is 1. The number of hydrogen-bond donors (Lipinski definition) is 0. The monoisotopic (exact) mass is 166 g/mol. The maximum absolute atomic E-state index is 8.19. The zero-order valence-electron chi connectivity index (χ0n) is 5.67. The molecule has 1 aromatic rings. The van der Waals surface area contributed by atoms with E-state index < -0.39 is 0 Å². The minimum absolute atomic E-state index is 0.0115. The van der Waals surface area contributed by atoms with Gasteiger partial charge in [-0.15, -0.1) is 0 Å². The molecule has 0 aliphatic heterocycles. The highest BCUT2D eigenvalue weighted by Gasteiger charge is 1.97. The van der Waals surface area contributed by atoms with Crippen molar-refractivity contribution in [3.8, 4) is 11.8 Å². The zero-order chi connectivity index (χ0) is 8.10. The highest BCUT2D eigenvalue weighted by molar-refractivity contribution is 6.31. The Morgan fingerprint density at radius 3 is 3.18 bits per heavy atom. The second-order valence-electron chi connectivity index (χ2n) is 1.80. The molecule has 55 valence electrons. The van der Waals surface area contributed by atoms with Gasteiger partial charge in [0.15, 0.2) is 6.61 Å². The van der Waals surface area contributed by atoms with Gasteiger partial charge in [0.2, 0.25) is 0 Å². The van der Waals surface area contributed by atoms with Crippen LogP contribution >= 0.6 is 11.6 Å². The lowest BCUT2D eigenvalue weighted by Crippen LogP contribution is -1.93.